The van der Waals surface area contributed by atoms with Crippen LogP contribution in [-0.4, -0.2) is 12.7 Å². The summed E-state index contributed by atoms with van der Waals surface area (Å²) in [5.41, 5.74) is 0.567. The molecule has 1 heterocycles. The summed E-state index contributed by atoms with van der Waals surface area (Å²) in [6.45, 7) is 11.8. The average Bonchev–Trinajstić information content (AvgIpc) is 2.08. The number of hydrogen-bond donors (Lipinski definition) is 0. The van der Waals surface area contributed by atoms with E-state index in [2.05, 4.69) is 20.8 Å². The molecule has 1 saturated heterocycles. The van der Waals surface area contributed by atoms with Gasteiger partial charge in [-0.1, -0.05) is 34.1 Å². The fourth-order valence-electron chi connectivity index (χ4n) is 1.68. The Morgan fingerprint density at radius 2 is 2.00 bits per heavy atom. The summed E-state index contributed by atoms with van der Waals surface area (Å²) in [4.78, 5) is 0. The van der Waals surface area contributed by atoms with Crippen molar-refractivity contribution >= 4 is 0 Å². The van der Waals surface area contributed by atoms with Crippen LogP contribution >= 0.6 is 0 Å². The largest absolute Gasteiger partial charge is 0.378 e. The minimum atomic E-state index is 0.485. The zero-order valence-electron chi connectivity index (χ0n) is 9.31. The molecule has 12 heavy (non-hydrogen) atoms. The monoisotopic (exact) mass is 172 g/mol. The molecule has 0 amide bonds. The Morgan fingerprint density at radius 1 is 1.42 bits per heavy atom. The summed E-state index contributed by atoms with van der Waals surface area (Å²) in [6, 6.07) is 0. The molecule has 0 aromatic carbocycles. The molecule has 1 aliphatic rings. The van der Waals surface area contributed by atoms with Crippen LogP contribution in [0.2, 0.25) is 0 Å². The quantitative estimate of drug-likeness (QED) is 0.587. The highest BCUT2D eigenvalue weighted by molar-refractivity contribution is 4.78. The highest BCUT2D eigenvalue weighted by Crippen LogP contribution is 2.35. The van der Waals surface area contributed by atoms with Crippen LogP contribution in [0, 0.1) is 5.41 Å². The predicted molar refractivity (Wildman–Crippen MR) is 54.4 cm³/mol. The van der Waals surface area contributed by atoms with Crippen LogP contribution in [0.1, 0.15) is 53.9 Å². The van der Waals surface area contributed by atoms with Crippen molar-refractivity contribution in [2.24, 2.45) is 5.41 Å². The van der Waals surface area contributed by atoms with Gasteiger partial charge in [-0.15, -0.1) is 0 Å². The van der Waals surface area contributed by atoms with Gasteiger partial charge in [0.2, 0.25) is 0 Å². The van der Waals surface area contributed by atoms with Crippen molar-refractivity contribution in [1.82, 2.24) is 0 Å². The molecule has 0 saturated carbocycles. The number of hydrogen-bond acceptors (Lipinski definition) is 1. The van der Waals surface area contributed by atoms with E-state index < -0.39 is 0 Å². The molecular formula is C11H24O. The molecule has 0 spiro atoms. The van der Waals surface area contributed by atoms with E-state index in [4.69, 9.17) is 4.74 Å². The normalized spacial score (nSPS) is 35.2. The Morgan fingerprint density at radius 3 is 2.33 bits per heavy atom. The summed E-state index contributed by atoms with van der Waals surface area (Å²) in [5.74, 6) is 0. The lowest BCUT2D eigenvalue weighted by Crippen LogP contribution is -2.30. The minimum Gasteiger partial charge on any atom is -0.378 e. The van der Waals surface area contributed by atoms with Crippen LogP contribution in [0.25, 0.3) is 0 Å². The van der Waals surface area contributed by atoms with Crippen molar-refractivity contribution in [2.45, 2.75) is 60.0 Å². The summed E-state index contributed by atoms with van der Waals surface area (Å²) in [7, 11) is 0. The fourth-order valence-corrected chi connectivity index (χ4v) is 1.68. The van der Waals surface area contributed by atoms with Crippen LogP contribution in [0.3, 0.4) is 0 Å². The van der Waals surface area contributed by atoms with Crippen LogP contribution in [0.5, 0.6) is 0 Å². The third-order valence-electron chi connectivity index (χ3n) is 2.74. The molecule has 1 aliphatic heterocycles. The van der Waals surface area contributed by atoms with E-state index in [-0.39, 0.29) is 0 Å². The van der Waals surface area contributed by atoms with E-state index in [1.54, 1.807) is 0 Å². The van der Waals surface area contributed by atoms with E-state index in [1.807, 2.05) is 13.8 Å². The summed E-state index contributed by atoms with van der Waals surface area (Å²) < 4.78 is 5.48. The van der Waals surface area contributed by atoms with Crippen LogP contribution in [0.15, 0.2) is 0 Å². The Labute approximate surface area is 77.5 Å². The van der Waals surface area contributed by atoms with Crippen LogP contribution < -0.4 is 0 Å². The van der Waals surface area contributed by atoms with Gasteiger partial charge in [0.15, 0.2) is 0 Å². The molecule has 1 nitrogen and oxygen atoms in total. The van der Waals surface area contributed by atoms with E-state index >= 15 is 0 Å². The highest BCUT2D eigenvalue weighted by atomic mass is 16.5. The van der Waals surface area contributed by atoms with Crippen molar-refractivity contribution in [2.75, 3.05) is 6.61 Å². The van der Waals surface area contributed by atoms with Gasteiger partial charge in [0.25, 0.3) is 0 Å². The third kappa shape index (κ3) is 3.57. The van der Waals surface area contributed by atoms with E-state index in [0.717, 1.165) is 6.61 Å². The molecule has 2 atom stereocenters. The van der Waals surface area contributed by atoms with Gasteiger partial charge in [0.05, 0.1) is 6.10 Å². The van der Waals surface area contributed by atoms with Crippen molar-refractivity contribution in [1.29, 1.82) is 0 Å². The molecule has 1 heteroatoms. The van der Waals surface area contributed by atoms with Gasteiger partial charge in [0.1, 0.15) is 0 Å². The molecule has 1 unspecified atom stereocenters. The van der Waals surface area contributed by atoms with Gasteiger partial charge < -0.3 is 4.74 Å². The molecule has 0 N–H and O–H groups in total. The van der Waals surface area contributed by atoms with E-state index in [0.29, 0.717) is 11.5 Å². The lowest BCUT2D eigenvalue weighted by molar-refractivity contribution is -0.0333. The molecule has 74 valence electrons. The maximum atomic E-state index is 5.48. The standard InChI is InChI=1S/C9H18O.C2H6/c1-4-9(3)5-6-10-8(2)7-9;1-2/h8H,4-7H2,1-3H3;1-2H3/t8?,9-;/m1./s1. The Hall–Kier alpha value is -0.0400. The molecule has 0 radical (unpaired) electrons. The van der Waals surface area contributed by atoms with Crippen molar-refractivity contribution in [3.63, 3.8) is 0 Å². The summed E-state index contributed by atoms with van der Waals surface area (Å²) >= 11 is 0. The zero-order valence-corrected chi connectivity index (χ0v) is 9.31. The maximum Gasteiger partial charge on any atom is 0.0552 e. The van der Waals surface area contributed by atoms with Gasteiger partial charge in [-0.2, -0.15) is 0 Å². The Kier molecular flexibility index (Phi) is 5.56. The number of ether oxygens (including phenoxy) is 1. The second kappa shape index (κ2) is 5.58. The van der Waals surface area contributed by atoms with Gasteiger partial charge in [-0.25, -0.2) is 0 Å². The van der Waals surface area contributed by atoms with E-state index in [1.165, 1.54) is 19.3 Å². The van der Waals surface area contributed by atoms with Gasteiger partial charge in [-0.3, -0.25) is 0 Å². The molecular weight excluding hydrogens is 148 g/mol. The molecule has 0 aliphatic carbocycles. The predicted octanol–water partition coefficient (Wildman–Crippen LogP) is 3.63. The van der Waals surface area contributed by atoms with Crippen LogP contribution in [-0.2, 0) is 4.74 Å². The molecule has 0 aromatic rings. The SMILES string of the molecule is CC.CC[C@]1(C)CCOC(C)C1. The van der Waals surface area contributed by atoms with Crippen molar-refractivity contribution in [3.05, 3.63) is 0 Å². The van der Waals surface area contributed by atoms with Crippen molar-refractivity contribution in [3.8, 4) is 0 Å². The van der Waals surface area contributed by atoms with Crippen LogP contribution in [0.4, 0.5) is 0 Å². The second-order valence-corrected chi connectivity index (χ2v) is 3.80. The fraction of sp³-hybridized carbons (Fsp3) is 1.00. The topological polar surface area (TPSA) is 9.23 Å². The maximum absolute atomic E-state index is 5.48. The first kappa shape index (κ1) is 12.0. The first-order chi connectivity index (χ1) is 5.66. The summed E-state index contributed by atoms with van der Waals surface area (Å²) in [6.07, 6.45) is 4.26. The average molecular weight is 172 g/mol. The number of rotatable bonds is 1. The summed E-state index contributed by atoms with van der Waals surface area (Å²) in [5, 5.41) is 0. The molecule has 0 aromatic heterocycles. The Bertz CT molecular complexity index is 112. The molecule has 1 fully saturated rings. The zero-order chi connectivity index (χ0) is 9.61. The Balaban J connectivity index is 0.000000561. The lowest BCUT2D eigenvalue weighted by Gasteiger charge is -2.36. The molecule has 0 bridgehead atoms. The second-order valence-electron chi connectivity index (χ2n) is 3.80. The first-order valence-corrected chi connectivity index (χ1v) is 5.28. The van der Waals surface area contributed by atoms with Gasteiger partial charge >= 0.3 is 0 Å². The van der Waals surface area contributed by atoms with Gasteiger partial charge in [-0.05, 0) is 25.2 Å². The smallest absolute Gasteiger partial charge is 0.0552 e. The van der Waals surface area contributed by atoms with Crippen molar-refractivity contribution < 1.29 is 4.74 Å². The lowest BCUT2D eigenvalue weighted by atomic mass is 9.78. The molecule has 1 rings (SSSR count). The first-order valence-electron chi connectivity index (χ1n) is 5.28. The van der Waals surface area contributed by atoms with E-state index in [9.17, 15) is 0 Å². The third-order valence-corrected chi connectivity index (χ3v) is 2.74. The van der Waals surface area contributed by atoms with Gasteiger partial charge in [0, 0.05) is 6.61 Å². The highest BCUT2D eigenvalue weighted by Gasteiger charge is 2.28. The minimum absolute atomic E-state index is 0.485.